The van der Waals surface area contributed by atoms with Crippen molar-refractivity contribution >= 4 is 28.9 Å². The Balaban J connectivity index is 2.31. The Labute approximate surface area is 111 Å². The normalized spacial score (nSPS) is 10.2. The highest BCUT2D eigenvalue weighted by Gasteiger charge is 2.04. The van der Waals surface area contributed by atoms with Gasteiger partial charge in [-0.05, 0) is 12.1 Å². The van der Waals surface area contributed by atoms with Crippen LogP contribution < -0.4 is 10.6 Å². The molecule has 94 valence electrons. The lowest BCUT2D eigenvalue weighted by Crippen LogP contribution is -2.03. The Kier molecular flexibility index (Phi) is 3.99. The molecule has 5 heteroatoms. The van der Waals surface area contributed by atoms with E-state index in [0.29, 0.717) is 5.02 Å². The minimum absolute atomic E-state index is 0.667. The fourth-order valence-corrected chi connectivity index (χ4v) is 1.73. The second-order valence-electron chi connectivity index (χ2n) is 3.76. The van der Waals surface area contributed by atoms with Gasteiger partial charge in [-0.2, -0.15) is 0 Å². The van der Waals surface area contributed by atoms with Crippen molar-refractivity contribution in [1.29, 1.82) is 0 Å². The molecule has 0 aliphatic carbocycles. The molecular formula is C13H15ClN4. The van der Waals surface area contributed by atoms with Crippen LogP contribution in [0.15, 0.2) is 30.3 Å². The zero-order valence-corrected chi connectivity index (χ0v) is 11.1. The summed E-state index contributed by atoms with van der Waals surface area (Å²) in [6.45, 7) is 2.02. The lowest BCUT2D eigenvalue weighted by atomic mass is 10.3. The molecule has 0 amide bonds. The minimum atomic E-state index is 0.667. The predicted molar refractivity (Wildman–Crippen MR) is 75.7 cm³/mol. The summed E-state index contributed by atoms with van der Waals surface area (Å²) in [6.07, 6.45) is 0.784. The Morgan fingerprint density at radius 1 is 1.17 bits per heavy atom. The molecule has 1 aromatic heterocycles. The molecule has 0 aliphatic heterocycles. The quantitative estimate of drug-likeness (QED) is 0.886. The van der Waals surface area contributed by atoms with Crippen molar-refractivity contribution in [2.75, 3.05) is 17.7 Å². The van der Waals surface area contributed by atoms with Gasteiger partial charge in [0.2, 0.25) is 0 Å². The largest absolute Gasteiger partial charge is 0.373 e. The summed E-state index contributed by atoms with van der Waals surface area (Å²) in [6, 6.07) is 9.42. The van der Waals surface area contributed by atoms with Crippen LogP contribution in [0.5, 0.6) is 0 Å². The van der Waals surface area contributed by atoms with Gasteiger partial charge in [0.25, 0.3) is 0 Å². The first-order valence-electron chi connectivity index (χ1n) is 5.80. The molecule has 0 fully saturated rings. The van der Waals surface area contributed by atoms with Crippen LogP contribution in [0.2, 0.25) is 5.02 Å². The Hall–Kier alpha value is -1.81. The van der Waals surface area contributed by atoms with E-state index < -0.39 is 0 Å². The monoisotopic (exact) mass is 262 g/mol. The van der Waals surface area contributed by atoms with Crippen LogP contribution in [0.4, 0.5) is 17.3 Å². The van der Waals surface area contributed by atoms with Gasteiger partial charge in [0, 0.05) is 19.5 Å². The molecule has 4 nitrogen and oxygen atoms in total. The highest BCUT2D eigenvalue weighted by atomic mass is 35.5. The molecule has 2 N–H and O–H groups in total. The van der Waals surface area contributed by atoms with Crippen LogP contribution in [0, 0.1) is 0 Å². The fraction of sp³-hybridized carbons (Fsp3) is 0.231. The molecule has 18 heavy (non-hydrogen) atoms. The van der Waals surface area contributed by atoms with Crippen LogP contribution in [0.1, 0.15) is 12.7 Å². The summed E-state index contributed by atoms with van der Waals surface area (Å²) in [5.74, 6) is 2.31. The first-order chi connectivity index (χ1) is 8.72. The second kappa shape index (κ2) is 5.69. The maximum Gasteiger partial charge on any atom is 0.136 e. The van der Waals surface area contributed by atoms with E-state index in [4.69, 9.17) is 11.6 Å². The SMILES string of the molecule is CCc1nc(NC)cc(Nc2ccccc2Cl)n1. The first kappa shape index (κ1) is 12.6. The molecule has 0 saturated heterocycles. The Bertz CT molecular complexity index is 520. The van der Waals surface area contributed by atoms with Gasteiger partial charge in [0.15, 0.2) is 0 Å². The van der Waals surface area contributed by atoms with Crippen molar-refractivity contribution in [2.45, 2.75) is 13.3 Å². The first-order valence-corrected chi connectivity index (χ1v) is 6.18. The van der Waals surface area contributed by atoms with Crippen molar-refractivity contribution in [3.8, 4) is 0 Å². The summed E-state index contributed by atoms with van der Waals surface area (Å²) < 4.78 is 0. The standard InChI is InChI=1S/C13H15ClN4/c1-3-11-17-12(15-2)8-13(18-11)16-10-7-5-4-6-9(10)14/h4-8H,3H2,1-2H3,(H2,15,16,17,18). The molecular weight excluding hydrogens is 248 g/mol. The average Bonchev–Trinajstić information content (AvgIpc) is 2.41. The third kappa shape index (κ3) is 2.90. The Morgan fingerprint density at radius 2 is 1.89 bits per heavy atom. The van der Waals surface area contributed by atoms with Gasteiger partial charge in [-0.1, -0.05) is 30.7 Å². The van der Waals surface area contributed by atoms with Crippen molar-refractivity contribution in [1.82, 2.24) is 9.97 Å². The molecule has 0 bridgehead atoms. The zero-order chi connectivity index (χ0) is 13.0. The average molecular weight is 263 g/mol. The third-order valence-electron chi connectivity index (χ3n) is 2.48. The van der Waals surface area contributed by atoms with Gasteiger partial charge < -0.3 is 10.6 Å². The third-order valence-corrected chi connectivity index (χ3v) is 2.81. The van der Waals surface area contributed by atoms with E-state index >= 15 is 0 Å². The number of nitrogens with one attached hydrogen (secondary N) is 2. The molecule has 2 rings (SSSR count). The highest BCUT2D eigenvalue weighted by molar-refractivity contribution is 6.33. The summed E-state index contributed by atoms with van der Waals surface area (Å²) in [4.78, 5) is 8.75. The summed E-state index contributed by atoms with van der Waals surface area (Å²) in [5, 5.41) is 6.88. The van der Waals surface area contributed by atoms with Crippen molar-refractivity contribution in [3.63, 3.8) is 0 Å². The Morgan fingerprint density at radius 3 is 2.56 bits per heavy atom. The molecule has 0 radical (unpaired) electrons. The van der Waals surface area contributed by atoms with E-state index in [1.807, 2.05) is 44.3 Å². The van der Waals surface area contributed by atoms with E-state index in [1.54, 1.807) is 0 Å². The molecule has 0 spiro atoms. The minimum Gasteiger partial charge on any atom is -0.373 e. The molecule has 0 atom stereocenters. The summed E-state index contributed by atoms with van der Waals surface area (Å²) in [7, 11) is 1.83. The molecule has 0 saturated carbocycles. The number of hydrogen-bond acceptors (Lipinski definition) is 4. The summed E-state index contributed by atoms with van der Waals surface area (Å²) >= 11 is 6.10. The van der Waals surface area contributed by atoms with Gasteiger partial charge in [-0.25, -0.2) is 9.97 Å². The maximum atomic E-state index is 6.10. The van der Waals surface area contributed by atoms with Crippen LogP contribution in [-0.2, 0) is 6.42 Å². The van der Waals surface area contributed by atoms with Crippen molar-refractivity contribution in [3.05, 3.63) is 41.2 Å². The number of hydrogen-bond donors (Lipinski definition) is 2. The van der Waals surface area contributed by atoms with E-state index in [2.05, 4.69) is 20.6 Å². The van der Waals surface area contributed by atoms with Crippen LogP contribution in [0.3, 0.4) is 0 Å². The molecule has 2 aromatic rings. The van der Waals surface area contributed by atoms with Crippen LogP contribution in [-0.4, -0.2) is 17.0 Å². The van der Waals surface area contributed by atoms with Gasteiger partial charge in [0.1, 0.15) is 17.5 Å². The van der Waals surface area contributed by atoms with E-state index in [0.717, 1.165) is 29.6 Å². The number of halogens is 1. The smallest absolute Gasteiger partial charge is 0.136 e. The van der Waals surface area contributed by atoms with E-state index in [-0.39, 0.29) is 0 Å². The number of nitrogens with zero attached hydrogens (tertiary/aromatic N) is 2. The lowest BCUT2D eigenvalue weighted by Gasteiger charge is -2.10. The molecule has 1 heterocycles. The second-order valence-corrected chi connectivity index (χ2v) is 4.17. The lowest BCUT2D eigenvalue weighted by molar-refractivity contribution is 0.945. The van der Waals surface area contributed by atoms with Gasteiger partial charge in [0.05, 0.1) is 10.7 Å². The number of aryl methyl sites for hydroxylation is 1. The van der Waals surface area contributed by atoms with Gasteiger partial charge in [-0.15, -0.1) is 0 Å². The zero-order valence-electron chi connectivity index (χ0n) is 10.4. The van der Waals surface area contributed by atoms with E-state index in [9.17, 15) is 0 Å². The topological polar surface area (TPSA) is 49.8 Å². The number of rotatable bonds is 4. The van der Waals surface area contributed by atoms with Crippen LogP contribution in [0.25, 0.3) is 0 Å². The van der Waals surface area contributed by atoms with Gasteiger partial charge in [-0.3, -0.25) is 0 Å². The summed E-state index contributed by atoms with van der Waals surface area (Å²) in [5.41, 5.74) is 0.835. The highest BCUT2D eigenvalue weighted by Crippen LogP contribution is 2.24. The number of anilines is 3. The van der Waals surface area contributed by atoms with E-state index in [1.165, 1.54) is 0 Å². The van der Waals surface area contributed by atoms with Crippen molar-refractivity contribution in [2.24, 2.45) is 0 Å². The number of benzene rings is 1. The number of para-hydroxylation sites is 1. The molecule has 0 aliphatic rings. The number of aromatic nitrogens is 2. The molecule has 0 unspecified atom stereocenters. The molecule has 1 aromatic carbocycles. The van der Waals surface area contributed by atoms with Crippen molar-refractivity contribution < 1.29 is 0 Å². The maximum absolute atomic E-state index is 6.10. The van der Waals surface area contributed by atoms with Gasteiger partial charge >= 0.3 is 0 Å². The fourth-order valence-electron chi connectivity index (χ4n) is 1.55. The van der Waals surface area contributed by atoms with Crippen LogP contribution >= 0.6 is 11.6 Å². The predicted octanol–water partition coefficient (Wildman–Crippen LogP) is 3.48.